The second-order valence-corrected chi connectivity index (χ2v) is 6.01. The Labute approximate surface area is 117 Å². The first-order valence-electron chi connectivity index (χ1n) is 8.04. The van der Waals surface area contributed by atoms with Crippen LogP contribution >= 0.6 is 0 Å². The van der Waals surface area contributed by atoms with Crippen molar-refractivity contribution in [2.75, 3.05) is 6.54 Å². The van der Waals surface area contributed by atoms with E-state index in [1.165, 1.54) is 44.2 Å². The van der Waals surface area contributed by atoms with Gasteiger partial charge in [0, 0.05) is 18.8 Å². The van der Waals surface area contributed by atoms with E-state index in [4.69, 9.17) is 0 Å². The van der Waals surface area contributed by atoms with Gasteiger partial charge in [0.05, 0.1) is 5.69 Å². The summed E-state index contributed by atoms with van der Waals surface area (Å²) in [5, 5.41) is 8.13. The van der Waals surface area contributed by atoms with Crippen LogP contribution in [0.15, 0.2) is 12.3 Å². The lowest BCUT2D eigenvalue weighted by molar-refractivity contribution is 0.461. The summed E-state index contributed by atoms with van der Waals surface area (Å²) in [7, 11) is 0. The maximum atomic E-state index is 4.61. The van der Waals surface area contributed by atoms with Gasteiger partial charge in [-0.25, -0.2) is 0 Å². The third-order valence-corrected chi connectivity index (χ3v) is 4.45. The lowest BCUT2D eigenvalue weighted by atomic mass is 10.0. The predicted octanol–water partition coefficient (Wildman–Crippen LogP) is 3.91. The van der Waals surface area contributed by atoms with E-state index in [1.807, 2.05) is 0 Å². The van der Waals surface area contributed by atoms with Gasteiger partial charge < -0.3 is 5.32 Å². The van der Waals surface area contributed by atoms with Gasteiger partial charge in [-0.1, -0.05) is 32.6 Å². The summed E-state index contributed by atoms with van der Waals surface area (Å²) in [5.74, 6) is 1.02. The van der Waals surface area contributed by atoms with Crippen LogP contribution in [-0.4, -0.2) is 16.3 Å². The topological polar surface area (TPSA) is 29.9 Å². The molecule has 1 fully saturated rings. The molecule has 1 unspecified atom stereocenters. The molecule has 1 heterocycles. The largest absolute Gasteiger partial charge is 0.311 e. The van der Waals surface area contributed by atoms with Gasteiger partial charge in [0.15, 0.2) is 0 Å². The van der Waals surface area contributed by atoms with Crippen LogP contribution in [0.1, 0.15) is 70.5 Å². The van der Waals surface area contributed by atoms with Crippen molar-refractivity contribution in [2.24, 2.45) is 5.92 Å². The molecule has 3 nitrogen and oxygen atoms in total. The smallest absolute Gasteiger partial charge is 0.0762 e. The highest BCUT2D eigenvalue weighted by molar-refractivity contribution is 4.99. The van der Waals surface area contributed by atoms with Crippen LogP contribution in [0.25, 0.3) is 0 Å². The molecule has 0 aliphatic heterocycles. The number of nitrogens with one attached hydrogen (secondary N) is 1. The average Bonchev–Trinajstić information content (AvgIpc) is 3.08. The van der Waals surface area contributed by atoms with Crippen molar-refractivity contribution in [1.29, 1.82) is 0 Å². The summed E-state index contributed by atoms with van der Waals surface area (Å²) in [4.78, 5) is 0. The van der Waals surface area contributed by atoms with Gasteiger partial charge in [-0.15, -0.1) is 0 Å². The molecule has 0 spiro atoms. The molecule has 1 aromatic rings. The van der Waals surface area contributed by atoms with Crippen molar-refractivity contribution in [1.82, 2.24) is 15.1 Å². The van der Waals surface area contributed by atoms with Gasteiger partial charge in [0.2, 0.25) is 0 Å². The van der Waals surface area contributed by atoms with Crippen molar-refractivity contribution >= 4 is 0 Å². The van der Waals surface area contributed by atoms with Crippen LogP contribution in [-0.2, 0) is 6.54 Å². The quantitative estimate of drug-likeness (QED) is 0.721. The minimum absolute atomic E-state index is 0.510. The van der Waals surface area contributed by atoms with E-state index in [1.54, 1.807) is 0 Å². The van der Waals surface area contributed by atoms with Crippen LogP contribution in [0.4, 0.5) is 0 Å². The second-order valence-electron chi connectivity index (χ2n) is 6.01. The maximum absolute atomic E-state index is 4.61. The first-order valence-corrected chi connectivity index (χ1v) is 8.04. The fourth-order valence-corrected chi connectivity index (χ4v) is 2.94. The number of hydrogen-bond acceptors (Lipinski definition) is 2. The molecule has 1 aromatic heterocycles. The van der Waals surface area contributed by atoms with Gasteiger partial charge in [-0.3, -0.25) is 4.68 Å². The Morgan fingerprint density at radius 1 is 1.42 bits per heavy atom. The zero-order chi connectivity index (χ0) is 13.5. The fraction of sp³-hybridized carbons (Fsp3) is 0.812. The minimum atomic E-state index is 0.510. The van der Waals surface area contributed by atoms with Crippen molar-refractivity contribution in [3.05, 3.63) is 18.0 Å². The molecule has 1 N–H and O–H groups in total. The van der Waals surface area contributed by atoms with E-state index in [9.17, 15) is 0 Å². The van der Waals surface area contributed by atoms with Crippen molar-refractivity contribution < 1.29 is 0 Å². The molecule has 0 aromatic carbocycles. The first-order chi connectivity index (χ1) is 9.29. The molecular formula is C16H29N3. The normalized spacial score (nSPS) is 18.0. The van der Waals surface area contributed by atoms with Crippen LogP contribution in [0, 0.1) is 5.92 Å². The average molecular weight is 263 g/mol. The van der Waals surface area contributed by atoms with E-state index in [2.05, 4.69) is 41.2 Å². The molecule has 0 bridgehead atoms. The maximum Gasteiger partial charge on any atom is 0.0762 e. The Bertz CT molecular complexity index is 353. The zero-order valence-corrected chi connectivity index (χ0v) is 12.6. The number of nitrogens with zero attached hydrogens (tertiary/aromatic N) is 2. The van der Waals surface area contributed by atoms with E-state index < -0.39 is 0 Å². The van der Waals surface area contributed by atoms with Gasteiger partial charge in [0.1, 0.15) is 0 Å². The summed E-state index contributed by atoms with van der Waals surface area (Å²) in [5.41, 5.74) is 1.17. The van der Waals surface area contributed by atoms with E-state index >= 15 is 0 Å². The first kappa shape index (κ1) is 14.6. The van der Waals surface area contributed by atoms with Gasteiger partial charge in [0.25, 0.3) is 0 Å². The van der Waals surface area contributed by atoms with Gasteiger partial charge >= 0.3 is 0 Å². The van der Waals surface area contributed by atoms with Gasteiger partial charge in [-0.05, 0) is 44.7 Å². The van der Waals surface area contributed by atoms with E-state index in [-0.39, 0.29) is 0 Å². The minimum Gasteiger partial charge on any atom is -0.311 e. The highest BCUT2D eigenvalue weighted by atomic mass is 15.3. The van der Waals surface area contributed by atoms with E-state index in [0.717, 1.165) is 25.4 Å². The van der Waals surface area contributed by atoms with E-state index in [0.29, 0.717) is 6.04 Å². The molecule has 3 heteroatoms. The zero-order valence-electron chi connectivity index (χ0n) is 12.6. The monoisotopic (exact) mass is 263 g/mol. The van der Waals surface area contributed by atoms with Crippen molar-refractivity contribution in [3.63, 3.8) is 0 Å². The highest BCUT2D eigenvalue weighted by Gasteiger charge is 2.13. The molecule has 1 aliphatic rings. The SMILES string of the molecule is CCC(C)n1ccc(CNCCCC2CCCC2)n1. The van der Waals surface area contributed by atoms with Crippen LogP contribution in [0.3, 0.4) is 0 Å². The molecule has 0 radical (unpaired) electrons. The lowest BCUT2D eigenvalue weighted by Crippen LogP contribution is -2.16. The number of hydrogen-bond donors (Lipinski definition) is 1. The molecule has 1 atom stereocenters. The highest BCUT2D eigenvalue weighted by Crippen LogP contribution is 2.28. The van der Waals surface area contributed by atoms with Crippen LogP contribution in [0.2, 0.25) is 0 Å². The van der Waals surface area contributed by atoms with Crippen LogP contribution in [0.5, 0.6) is 0 Å². The Kier molecular flexibility index (Phi) is 5.90. The Morgan fingerprint density at radius 2 is 2.21 bits per heavy atom. The molecule has 108 valence electrons. The Balaban J connectivity index is 1.58. The molecule has 19 heavy (non-hydrogen) atoms. The van der Waals surface area contributed by atoms with Crippen molar-refractivity contribution in [2.45, 2.75) is 71.4 Å². The number of rotatable bonds is 8. The summed E-state index contributed by atoms with van der Waals surface area (Å²) >= 11 is 0. The molecule has 0 amide bonds. The molecule has 1 saturated carbocycles. The second kappa shape index (κ2) is 7.68. The summed E-state index contributed by atoms with van der Waals surface area (Å²) in [6.45, 7) is 6.46. The molecule has 1 aliphatic carbocycles. The molecular weight excluding hydrogens is 234 g/mol. The Morgan fingerprint density at radius 3 is 2.95 bits per heavy atom. The fourth-order valence-electron chi connectivity index (χ4n) is 2.94. The summed E-state index contributed by atoms with van der Waals surface area (Å²) in [6, 6.07) is 2.65. The van der Waals surface area contributed by atoms with Crippen LogP contribution < -0.4 is 5.32 Å². The molecule has 2 rings (SSSR count). The van der Waals surface area contributed by atoms with Gasteiger partial charge in [-0.2, -0.15) is 5.10 Å². The summed E-state index contributed by atoms with van der Waals surface area (Å²) < 4.78 is 2.08. The third kappa shape index (κ3) is 4.64. The third-order valence-electron chi connectivity index (χ3n) is 4.45. The van der Waals surface area contributed by atoms with Crippen molar-refractivity contribution in [3.8, 4) is 0 Å². The number of aromatic nitrogens is 2. The lowest BCUT2D eigenvalue weighted by Gasteiger charge is -2.09. The predicted molar refractivity (Wildman–Crippen MR) is 80.1 cm³/mol. The Hall–Kier alpha value is -0.830. The summed E-state index contributed by atoms with van der Waals surface area (Å²) in [6.07, 6.45) is 11.8. The molecule has 0 saturated heterocycles. The standard InChI is InChI=1S/C16H29N3/c1-3-14(2)19-12-10-16(18-19)13-17-11-6-9-15-7-4-5-8-15/h10,12,14-15,17H,3-9,11,13H2,1-2H3.